The van der Waals surface area contributed by atoms with Gasteiger partial charge in [0.2, 0.25) is 0 Å². The highest BCUT2D eigenvalue weighted by Gasteiger charge is 2.16. The maximum atomic E-state index is 12.0. The third kappa shape index (κ3) is 2.56. The van der Waals surface area contributed by atoms with Gasteiger partial charge in [0.05, 0.1) is 0 Å². The summed E-state index contributed by atoms with van der Waals surface area (Å²) in [4.78, 5) is 12.0. The first-order chi connectivity index (χ1) is 8.18. The number of anilines is 1. The molecule has 17 heavy (non-hydrogen) atoms. The van der Waals surface area contributed by atoms with Gasteiger partial charge in [-0.2, -0.15) is 0 Å². The van der Waals surface area contributed by atoms with E-state index in [2.05, 4.69) is 10.6 Å². The second-order valence-corrected chi connectivity index (χ2v) is 4.14. The molecular formula is C14H16N2O. The highest BCUT2D eigenvalue weighted by atomic mass is 16.2. The molecule has 88 valence electrons. The minimum atomic E-state index is -0.293. The predicted molar refractivity (Wildman–Crippen MR) is 69.7 cm³/mol. The number of nitrogens with one attached hydrogen (secondary N) is 2. The van der Waals surface area contributed by atoms with E-state index < -0.39 is 0 Å². The average Bonchev–Trinajstić information content (AvgIpc) is 2.35. The zero-order chi connectivity index (χ0) is 12.3. The first kappa shape index (κ1) is 11.5. The Bertz CT molecular complexity index is 469. The highest BCUT2D eigenvalue weighted by molar-refractivity contribution is 5.97. The average molecular weight is 228 g/mol. The molecule has 3 nitrogen and oxygen atoms in total. The number of hydrogen-bond acceptors (Lipinski definition) is 2. The molecular weight excluding hydrogens is 212 g/mol. The van der Waals surface area contributed by atoms with E-state index >= 15 is 0 Å². The van der Waals surface area contributed by atoms with Crippen LogP contribution in [0.4, 0.5) is 5.69 Å². The summed E-state index contributed by atoms with van der Waals surface area (Å²) < 4.78 is 0. The smallest absolute Gasteiger partial charge is 0.250 e. The molecule has 1 aromatic rings. The quantitative estimate of drug-likeness (QED) is 0.815. The maximum Gasteiger partial charge on any atom is 0.250 e. The summed E-state index contributed by atoms with van der Waals surface area (Å²) in [6.45, 7) is 3.99. The van der Waals surface area contributed by atoms with Gasteiger partial charge in [0, 0.05) is 5.69 Å². The normalized spacial score (nSPS) is 17.6. The number of allylic oxidation sites excluding steroid dienone is 2. The fraction of sp³-hybridized carbons (Fsp3) is 0.214. The van der Waals surface area contributed by atoms with E-state index in [1.807, 2.05) is 50.3 Å². The van der Waals surface area contributed by atoms with Gasteiger partial charge in [0.15, 0.2) is 0 Å². The van der Waals surface area contributed by atoms with Crippen molar-refractivity contribution in [1.82, 2.24) is 5.32 Å². The largest absolute Gasteiger partial charge is 0.377 e. The molecule has 0 aliphatic carbocycles. The number of benzene rings is 1. The van der Waals surface area contributed by atoms with Crippen LogP contribution in [0, 0.1) is 13.8 Å². The molecule has 1 heterocycles. The van der Waals surface area contributed by atoms with Crippen LogP contribution in [0.5, 0.6) is 0 Å². The van der Waals surface area contributed by atoms with Crippen LogP contribution in [0.2, 0.25) is 0 Å². The van der Waals surface area contributed by atoms with Crippen molar-refractivity contribution < 1.29 is 4.79 Å². The summed E-state index contributed by atoms with van der Waals surface area (Å²) in [6, 6.07) is 5.68. The first-order valence-corrected chi connectivity index (χ1v) is 5.65. The Kier molecular flexibility index (Phi) is 3.28. The van der Waals surface area contributed by atoms with E-state index in [1.54, 1.807) is 6.20 Å². The van der Waals surface area contributed by atoms with E-state index in [9.17, 15) is 4.79 Å². The third-order valence-electron chi connectivity index (χ3n) is 2.80. The molecule has 1 unspecified atom stereocenters. The van der Waals surface area contributed by atoms with Crippen molar-refractivity contribution in [2.45, 2.75) is 19.9 Å². The van der Waals surface area contributed by atoms with E-state index in [0.717, 1.165) is 16.8 Å². The Labute approximate surface area is 101 Å². The number of amides is 1. The van der Waals surface area contributed by atoms with Gasteiger partial charge in [0.1, 0.15) is 6.04 Å². The van der Waals surface area contributed by atoms with E-state index in [0.29, 0.717) is 0 Å². The van der Waals surface area contributed by atoms with Crippen molar-refractivity contribution in [2.24, 2.45) is 0 Å². The zero-order valence-electron chi connectivity index (χ0n) is 10.0. The molecule has 0 fully saturated rings. The molecule has 0 bridgehead atoms. The molecule has 2 rings (SSSR count). The number of rotatable bonds is 2. The molecule has 2 N–H and O–H groups in total. The molecule has 1 aliphatic heterocycles. The maximum absolute atomic E-state index is 12.0. The van der Waals surface area contributed by atoms with Crippen LogP contribution in [0.25, 0.3) is 0 Å². The van der Waals surface area contributed by atoms with Crippen LogP contribution in [-0.4, -0.2) is 11.9 Å². The number of hydrogen-bond donors (Lipinski definition) is 2. The monoisotopic (exact) mass is 228 g/mol. The molecule has 3 heteroatoms. The molecule has 0 saturated heterocycles. The Balaban J connectivity index is 2.13. The Morgan fingerprint density at radius 2 is 1.94 bits per heavy atom. The van der Waals surface area contributed by atoms with Crippen molar-refractivity contribution in [3.05, 3.63) is 53.8 Å². The van der Waals surface area contributed by atoms with Crippen LogP contribution >= 0.6 is 0 Å². The summed E-state index contributed by atoms with van der Waals surface area (Å²) in [5, 5.41) is 5.96. The van der Waals surface area contributed by atoms with Gasteiger partial charge in [-0.25, -0.2) is 0 Å². The van der Waals surface area contributed by atoms with Crippen LogP contribution in [0.1, 0.15) is 11.1 Å². The van der Waals surface area contributed by atoms with Gasteiger partial charge in [-0.3, -0.25) is 4.79 Å². The standard InChI is InChI=1S/C14H16N2O/c1-10-6-5-7-11(2)13(10)16-14(17)12-8-3-4-9-15-12/h3-9,12,15H,1-2H3,(H,16,17). The summed E-state index contributed by atoms with van der Waals surface area (Å²) in [5.74, 6) is -0.0389. The summed E-state index contributed by atoms with van der Waals surface area (Å²) in [5.41, 5.74) is 3.06. The minimum absolute atomic E-state index is 0.0389. The van der Waals surface area contributed by atoms with Crippen LogP contribution in [0.3, 0.4) is 0 Å². The molecule has 1 atom stereocenters. The fourth-order valence-corrected chi connectivity index (χ4v) is 1.82. The van der Waals surface area contributed by atoms with Crippen LogP contribution < -0.4 is 10.6 Å². The number of aryl methyl sites for hydroxylation is 2. The number of carbonyl (C=O) groups is 1. The SMILES string of the molecule is Cc1cccc(C)c1NC(=O)C1C=CC=CN1. The van der Waals surface area contributed by atoms with Crippen molar-refractivity contribution in [2.75, 3.05) is 5.32 Å². The molecule has 0 radical (unpaired) electrons. The fourth-order valence-electron chi connectivity index (χ4n) is 1.82. The van der Waals surface area contributed by atoms with Gasteiger partial charge in [-0.15, -0.1) is 0 Å². The van der Waals surface area contributed by atoms with Gasteiger partial charge >= 0.3 is 0 Å². The summed E-state index contributed by atoms with van der Waals surface area (Å²) in [6.07, 6.45) is 7.34. The second kappa shape index (κ2) is 4.87. The predicted octanol–water partition coefficient (Wildman–Crippen LogP) is 2.28. The van der Waals surface area contributed by atoms with Crippen molar-refractivity contribution >= 4 is 11.6 Å². The minimum Gasteiger partial charge on any atom is -0.377 e. The summed E-state index contributed by atoms with van der Waals surface area (Å²) >= 11 is 0. The lowest BCUT2D eigenvalue weighted by Crippen LogP contribution is -2.37. The summed E-state index contributed by atoms with van der Waals surface area (Å²) in [7, 11) is 0. The van der Waals surface area contributed by atoms with Crippen LogP contribution in [-0.2, 0) is 4.79 Å². The Hall–Kier alpha value is -2.03. The van der Waals surface area contributed by atoms with E-state index in [1.165, 1.54) is 0 Å². The molecule has 1 amide bonds. The Morgan fingerprint density at radius 1 is 1.24 bits per heavy atom. The van der Waals surface area contributed by atoms with E-state index in [-0.39, 0.29) is 11.9 Å². The van der Waals surface area contributed by atoms with Gasteiger partial charge in [-0.1, -0.05) is 30.4 Å². The topological polar surface area (TPSA) is 41.1 Å². The van der Waals surface area contributed by atoms with Crippen LogP contribution in [0.15, 0.2) is 42.6 Å². The molecule has 0 saturated carbocycles. The molecule has 1 aromatic carbocycles. The first-order valence-electron chi connectivity index (χ1n) is 5.65. The van der Waals surface area contributed by atoms with Gasteiger partial charge in [0.25, 0.3) is 5.91 Å². The van der Waals surface area contributed by atoms with Crippen molar-refractivity contribution in [3.8, 4) is 0 Å². The van der Waals surface area contributed by atoms with Gasteiger partial charge < -0.3 is 10.6 Å². The Morgan fingerprint density at radius 3 is 2.53 bits per heavy atom. The third-order valence-corrected chi connectivity index (χ3v) is 2.80. The zero-order valence-corrected chi connectivity index (χ0v) is 10.0. The lowest BCUT2D eigenvalue weighted by atomic mass is 10.1. The molecule has 0 spiro atoms. The lowest BCUT2D eigenvalue weighted by molar-refractivity contribution is -0.116. The number of dihydropyridines is 1. The lowest BCUT2D eigenvalue weighted by Gasteiger charge is -2.17. The second-order valence-electron chi connectivity index (χ2n) is 4.14. The van der Waals surface area contributed by atoms with Crippen molar-refractivity contribution in [3.63, 3.8) is 0 Å². The number of para-hydroxylation sites is 1. The molecule has 1 aliphatic rings. The van der Waals surface area contributed by atoms with Crippen molar-refractivity contribution in [1.29, 1.82) is 0 Å². The molecule has 0 aromatic heterocycles. The highest BCUT2D eigenvalue weighted by Crippen LogP contribution is 2.19. The number of carbonyl (C=O) groups excluding carboxylic acids is 1. The van der Waals surface area contributed by atoms with E-state index in [4.69, 9.17) is 0 Å². The van der Waals surface area contributed by atoms with Gasteiger partial charge in [-0.05, 0) is 37.3 Å².